The molecule has 0 aliphatic heterocycles. The number of fused-ring (bicyclic) bond motifs is 1. The zero-order valence-corrected chi connectivity index (χ0v) is 15.7. The van der Waals surface area contributed by atoms with Crippen LogP contribution >= 0.6 is 0 Å². The van der Waals surface area contributed by atoms with E-state index in [9.17, 15) is 8.42 Å². The van der Waals surface area contributed by atoms with Gasteiger partial charge in [-0.1, -0.05) is 48.5 Å². The maximum absolute atomic E-state index is 12.8. The average Bonchev–Trinajstić information content (AvgIpc) is 3.20. The van der Waals surface area contributed by atoms with E-state index in [0.717, 1.165) is 23.1 Å². The van der Waals surface area contributed by atoms with Gasteiger partial charge in [0.2, 0.25) is 10.0 Å². The molecule has 0 saturated heterocycles. The molecule has 1 heterocycles. The highest BCUT2D eigenvalue weighted by Gasteiger charge is 2.21. The minimum Gasteiger partial charge on any atom is -0.268 e. The number of sulfonamides is 1. The Morgan fingerprint density at radius 2 is 1.74 bits per heavy atom. The van der Waals surface area contributed by atoms with E-state index in [1.165, 1.54) is 5.56 Å². The fraction of sp³-hybridized carbons (Fsp3) is 0.190. The Labute approximate surface area is 159 Å². The van der Waals surface area contributed by atoms with Gasteiger partial charge >= 0.3 is 0 Å². The fourth-order valence-electron chi connectivity index (χ4n) is 3.34. The summed E-state index contributed by atoms with van der Waals surface area (Å²) in [4.78, 5) is 0.450. The number of hydrogen-bond acceptors (Lipinski definition) is 3. The highest BCUT2D eigenvalue weighted by atomic mass is 32.2. The van der Waals surface area contributed by atoms with Gasteiger partial charge in [-0.3, -0.25) is 4.68 Å². The Bertz CT molecular complexity index is 1070. The first kappa shape index (κ1) is 17.7. The molecule has 138 valence electrons. The highest BCUT2D eigenvalue weighted by Crippen LogP contribution is 2.26. The van der Waals surface area contributed by atoms with E-state index in [4.69, 9.17) is 0 Å². The van der Waals surface area contributed by atoms with Crippen molar-refractivity contribution >= 4 is 16.1 Å². The average molecular weight is 379 g/mol. The highest BCUT2D eigenvalue weighted by molar-refractivity contribution is 7.93. The molecule has 1 aliphatic carbocycles. The summed E-state index contributed by atoms with van der Waals surface area (Å²) < 4.78 is 30.2. The van der Waals surface area contributed by atoms with E-state index in [2.05, 4.69) is 9.82 Å². The van der Waals surface area contributed by atoms with Gasteiger partial charge in [-0.15, -0.1) is 0 Å². The lowest BCUT2D eigenvalue weighted by Gasteiger charge is -2.17. The van der Waals surface area contributed by atoms with Crippen LogP contribution in [-0.2, 0) is 29.5 Å². The lowest BCUT2D eigenvalue weighted by Crippen LogP contribution is -2.26. The normalized spacial score (nSPS) is 13.9. The Kier molecular flexibility index (Phi) is 4.92. The van der Waals surface area contributed by atoms with Crippen molar-refractivity contribution in [2.75, 3.05) is 0 Å². The number of nitrogens with one attached hydrogen (secondary N) is 1. The Morgan fingerprint density at radius 1 is 0.963 bits per heavy atom. The van der Waals surface area contributed by atoms with Crippen LogP contribution in [0.3, 0.4) is 0 Å². The molecule has 0 saturated carbocycles. The third-order valence-corrected chi connectivity index (χ3v) is 6.36. The van der Waals surface area contributed by atoms with Crippen molar-refractivity contribution in [2.45, 2.75) is 25.9 Å². The largest absolute Gasteiger partial charge is 0.268 e. The summed E-state index contributed by atoms with van der Waals surface area (Å²) in [5, 5.41) is 4.23. The lowest BCUT2D eigenvalue weighted by molar-refractivity contribution is 0.585. The molecule has 0 radical (unpaired) electrons. The van der Waals surface area contributed by atoms with Crippen molar-refractivity contribution in [1.29, 1.82) is 0 Å². The maximum atomic E-state index is 12.8. The van der Waals surface area contributed by atoms with E-state index < -0.39 is 10.0 Å². The molecule has 0 bridgehead atoms. The molecule has 3 aromatic rings. The lowest BCUT2D eigenvalue weighted by atomic mass is 9.98. The molecule has 4 rings (SSSR count). The van der Waals surface area contributed by atoms with Gasteiger partial charge in [0, 0.05) is 18.9 Å². The maximum Gasteiger partial charge on any atom is 0.237 e. The molecule has 2 aromatic carbocycles. The molecule has 0 amide bonds. The minimum absolute atomic E-state index is 0.263. The number of rotatable bonds is 6. The Morgan fingerprint density at radius 3 is 2.56 bits per heavy atom. The predicted octanol–water partition coefficient (Wildman–Crippen LogP) is 3.34. The molecular formula is C21H21N3O2S. The van der Waals surface area contributed by atoms with E-state index in [-0.39, 0.29) is 6.54 Å². The molecule has 1 aliphatic rings. The van der Waals surface area contributed by atoms with Crippen molar-refractivity contribution in [1.82, 2.24) is 14.5 Å². The predicted molar refractivity (Wildman–Crippen MR) is 106 cm³/mol. The van der Waals surface area contributed by atoms with Gasteiger partial charge < -0.3 is 0 Å². The van der Waals surface area contributed by atoms with Gasteiger partial charge in [-0.05, 0) is 47.2 Å². The zero-order chi connectivity index (χ0) is 18.7. The first-order chi connectivity index (χ1) is 13.1. The molecule has 0 spiro atoms. The minimum atomic E-state index is -3.51. The number of hydrogen-bond donors (Lipinski definition) is 1. The summed E-state index contributed by atoms with van der Waals surface area (Å²) in [6, 6.07) is 17.6. The number of nitrogens with zero attached hydrogens (tertiary/aromatic N) is 2. The molecule has 27 heavy (non-hydrogen) atoms. The second-order valence-corrected chi connectivity index (χ2v) is 8.43. The smallest absolute Gasteiger partial charge is 0.237 e. The van der Waals surface area contributed by atoms with Crippen molar-refractivity contribution in [3.63, 3.8) is 0 Å². The summed E-state index contributed by atoms with van der Waals surface area (Å²) in [6.45, 7) is 0.875. The van der Waals surface area contributed by atoms with Crippen LogP contribution in [0.5, 0.6) is 0 Å². The molecule has 0 fully saturated rings. The summed E-state index contributed by atoms with van der Waals surface area (Å²) in [7, 11) is -3.51. The van der Waals surface area contributed by atoms with Crippen LogP contribution in [0.4, 0.5) is 0 Å². The van der Waals surface area contributed by atoms with Gasteiger partial charge in [-0.2, -0.15) is 5.10 Å². The zero-order valence-electron chi connectivity index (χ0n) is 14.9. The molecule has 1 aromatic heterocycles. The van der Waals surface area contributed by atoms with E-state index in [0.29, 0.717) is 17.9 Å². The summed E-state index contributed by atoms with van der Waals surface area (Å²) in [6.07, 6.45) is 6.70. The molecule has 1 N–H and O–H groups in total. The van der Waals surface area contributed by atoms with Crippen molar-refractivity contribution in [3.8, 4) is 0 Å². The SMILES string of the molecule is O=S(=O)(NCc1ccccc1Cn1cccn1)C1=Cc2ccccc2CC1. The Balaban J connectivity index is 1.51. The number of aromatic nitrogens is 2. The molecule has 0 atom stereocenters. The van der Waals surface area contributed by atoms with Crippen LogP contribution in [0.1, 0.15) is 28.7 Å². The van der Waals surface area contributed by atoms with Gasteiger partial charge in [0.25, 0.3) is 0 Å². The Hall–Kier alpha value is -2.70. The molecule has 0 unspecified atom stereocenters. The summed E-state index contributed by atoms with van der Waals surface area (Å²) >= 11 is 0. The third kappa shape index (κ3) is 4.02. The second-order valence-electron chi connectivity index (χ2n) is 6.61. The first-order valence-electron chi connectivity index (χ1n) is 8.94. The summed E-state index contributed by atoms with van der Waals surface area (Å²) in [5.74, 6) is 0. The van der Waals surface area contributed by atoms with E-state index in [1.54, 1.807) is 12.3 Å². The van der Waals surface area contributed by atoms with Crippen molar-refractivity contribution in [2.24, 2.45) is 0 Å². The molecular weight excluding hydrogens is 358 g/mol. The standard InChI is InChI=1S/C21H21N3O2S/c25-27(26,21-11-10-17-6-1-2-7-18(17)14-21)23-15-19-8-3-4-9-20(19)16-24-13-5-12-22-24/h1-9,12-14,23H,10-11,15-16H2. The number of benzene rings is 2. The molecule has 6 heteroatoms. The van der Waals surface area contributed by atoms with Crippen molar-refractivity contribution in [3.05, 3.63) is 94.1 Å². The van der Waals surface area contributed by atoms with Crippen LogP contribution in [0, 0.1) is 0 Å². The fourth-order valence-corrected chi connectivity index (χ4v) is 4.52. The molecule has 5 nitrogen and oxygen atoms in total. The van der Waals surface area contributed by atoms with E-state index in [1.807, 2.05) is 65.5 Å². The van der Waals surface area contributed by atoms with Crippen LogP contribution in [0.25, 0.3) is 6.08 Å². The van der Waals surface area contributed by atoms with Crippen LogP contribution in [0.15, 0.2) is 71.9 Å². The number of allylic oxidation sites excluding steroid dienone is 1. The topological polar surface area (TPSA) is 64.0 Å². The van der Waals surface area contributed by atoms with Crippen molar-refractivity contribution < 1.29 is 8.42 Å². The van der Waals surface area contributed by atoms with Crippen LogP contribution < -0.4 is 4.72 Å². The third-order valence-electron chi connectivity index (χ3n) is 4.82. The van der Waals surface area contributed by atoms with Crippen LogP contribution in [-0.4, -0.2) is 18.2 Å². The van der Waals surface area contributed by atoms with Gasteiger partial charge in [0.1, 0.15) is 0 Å². The summed E-state index contributed by atoms with van der Waals surface area (Å²) in [5.41, 5.74) is 4.18. The quantitative estimate of drug-likeness (QED) is 0.714. The van der Waals surface area contributed by atoms with Gasteiger partial charge in [0.05, 0.1) is 11.4 Å². The van der Waals surface area contributed by atoms with Gasteiger partial charge in [0.15, 0.2) is 0 Å². The van der Waals surface area contributed by atoms with Crippen LogP contribution in [0.2, 0.25) is 0 Å². The van der Waals surface area contributed by atoms with E-state index >= 15 is 0 Å². The monoisotopic (exact) mass is 379 g/mol. The van der Waals surface area contributed by atoms with Gasteiger partial charge in [-0.25, -0.2) is 13.1 Å². The second kappa shape index (κ2) is 7.50. The first-order valence-corrected chi connectivity index (χ1v) is 10.4. The number of aryl methyl sites for hydroxylation is 1.